The number of fused-ring (bicyclic) bond motifs is 2. The van der Waals surface area contributed by atoms with Crippen LogP contribution in [0, 0.1) is 11.8 Å². The minimum atomic E-state index is -3.69. The molecule has 0 unspecified atom stereocenters. The quantitative estimate of drug-likeness (QED) is 0.636. The van der Waals surface area contributed by atoms with Crippen LogP contribution in [0.25, 0.3) is 11.0 Å². The topological polar surface area (TPSA) is 98.1 Å². The van der Waals surface area contributed by atoms with Crippen LogP contribution >= 0.6 is 0 Å². The Bertz CT molecular complexity index is 1150. The van der Waals surface area contributed by atoms with E-state index < -0.39 is 10.0 Å². The second kappa shape index (κ2) is 6.05. The minimum Gasteiger partial charge on any atom is -0.316 e. The second-order valence-electron chi connectivity index (χ2n) is 7.30. The molecule has 7 nitrogen and oxygen atoms in total. The Labute approximate surface area is 156 Å². The molecular weight excluding hydrogens is 364 g/mol. The average Bonchev–Trinajstić information content (AvgIpc) is 3.34. The summed E-state index contributed by atoms with van der Waals surface area (Å²) in [5, 5.41) is 3.40. The molecular formula is C19H20N4O3S. The smallest absolute Gasteiger partial charge is 0.316 e. The summed E-state index contributed by atoms with van der Waals surface area (Å²) in [4.78, 5) is 17.0. The van der Waals surface area contributed by atoms with Crippen molar-refractivity contribution in [2.24, 2.45) is 11.8 Å². The van der Waals surface area contributed by atoms with Crippen molar-refractivity contribution in [3.8, 4) is 0 Å². The summed E-state index contributed by atoms with van der Waals surface area (Å²) in [5.41, 5.74) is 1.77. The Balaban J connectivity index is 1.60. The number of benzene rings is 2. The Morgan fingerprint density at radius 3 is 2.56 bits per heavy atom. The van der Waals surface area contributed by atoms with Crippen LogP contribution in [-0.4, -0.2) is 42.3 Å². The molecule has 0 amide bonds. The summed E-state index contributed by atoms with van der Waals surface area (Å²) >= 11 is 0. The van der Waals surface area contributed by atoms with Gasteiger partial charge in [0, 0.05) is 13.1 Å². The molecule has 5 rings (SSSR count). The molecule has 3 aromatic rings. The van der Waals surface area contributed by atoms with E-state index in [2.05, 4.69) is 15.3 Å². The molecule has 3 N–H and O–H groups in total. The van der Waals surface area contributed by atoms with Crippen molar-refractivity contribution in [3.63, 3.8) is 0 Å². The van der Waals surface area contributed by atoms with Crippen molar-refractivity contribution in [3.05, 3.63) is 64.6 Å². The van der Waals surface area contributed by atoms with Gasteiger partial charge in [0.1, 0.15) is 0 Å². The lowest BCUT2D eigenvalue weighted by atomic mass is 9.90. The normalized spacial score (nSPS) is 25.9. The highest BCUT2D eigenvalue weighted by atomic mass is 32.2. The van der Waals surface area contributed by atoms with Crippen LogP contribution in [0.15, 0.2) is 58.2 Å². The number of aromatic nitrogens is 2. The van der Waals surface area contributed by atoms with Gasteiger partial charge in [-0.25, -0.2) is 13.2 Å². The number of nitrogens with zero attached hydrogens (tertiary/aromatic N) is 1. The summed E-state index contributed by atoms with van der Waals surface area (Å²) in [5.74, 6) is 0.568. The average molecular weight is 384 g/mol. The fourth-order valence-electron chi connectivity index (χ4n) is 4.50. The van der Waals surface area contributed by atoms with E-state index in [1.165, 1.54) is 6.07 Å². The molecule has 8 heteroatoms. The number of sulfonamides is 1. The maximum absolute atomic E-state index is 13.5. The van der Waals surface area contributed by atoms with Gasteiger partial charge in [-0.3, -0.25) is 0 Å². The van der Waals surface area contributed by atoms with E-state index in [0.717, 1.165) is 18.7 Å². The molecule has 1 aromatic heterocycles. The molecule has 0 spiro atoms. The number of hydrogen-bond donors (Lipinski definition) is 3. The van der Waals surface area contributed by atoms with Gasteiger partial charge in [-0.05, 0) is 42.1 Å². The van der Waals surface area contributed by atoms with Crippen molar-refractivity contribution in [1.29, 1.82) is 0 Å². The first-order valence-corrected chi connectivity index (χ1v) is 10.5. The standard InChI is InChI=1S/C19H20N4O3S/c24-19-21-16-7-6-14(8-17(16)22-19)27(25,26)23-11-13-9-20-10-15(13)18(23)12-4-2-1-3-5-12/h1-8,13,15,18,20H,9-11H2,(H2,21,22,24)/t13-,15-,18+/m0/s1. The largest absolute Gasteiger partial charge is 0.323 e. The number of imidazole rings is 1. The van der Waals surface area contributed by atoms with Gasteiger partial charge in [-0.1, -0.05) is 30.3 Å². The molecule has 2 saturated heterocycles. The molecule has 3 heterocycles. The van der Waals surface area contributed by atoms with E-state index in [1.54, 1.807) is 16.4 Å². The Morgan fingerprint density at radius 1 is 0.963 bits per heavy atom. The predicted molar refractivity (Wildman–Crippen MR) is 102 cm³/mol. The van der Waals surface area contributed by atoms with Gasteiger partial charge in [-0.2, -0.15) is 4.31 Å². The molecule has 0 aliphatic carbocycles. The molecule has 2 fully saturated rings. The van der Waals surface area contributed by atoms with E-state index >= 15 is 0 Å². The molecule has 140 valence electrons. The molecule has 2 aliphatic heterocycles. The van der Waals surface area contributed by atoms with Gasteiger partial charge in [0.05, 0.1) is 22.0 Å². The maximum atomic E-state index is 13.5. The molecule has 3 atom stereocenters. The van der Waals surface area contributed by atoms with Crippen LogP contribution in [0.4, 0.5) is 0 Å². The van der Waals surface area contributed by atoms with Gasteiger partial charge in [0.25, 0.3) is 0 Å². The van der Waals surface area contributed by atoms with Crippen LogP contribution in [0.5, 0.6) is 0 Å². The third kappa shape index (κ3) is 2.63. The number of hydrogen-bond acceptors (Lipinski definition) is 4. The van der Waals surface area contributed by atoms with Crippen LogP contribution in [0.1, 0.15) is 11.6 Å². The van der Waals surface area contributed by atoms with Crippen LogP contribution in [0.3, 0.4) is 0 Å². The fourth-order valence-corrected chi connectivity index (χ4v) is 6.24. The lowest BCUT2D eigenvalue weighted by Gasteiger charge is -2.27. The van der Waals surface area contributed by atoms with Gasteiger partial charge in [-0.15, -0.1) is 0 Å². The lowest BCUT2D eigenvalue weighted by molar-refractivity contribution is 0.345. The number of H-pyrrole nitrogens is 2. The third-order valence-corrected chi connectivity index (χ3v) is 7.60. The van der Waals surface area contributed by atoms with E-state index in [-0.39, 0.29) is 22.5 Å². The summed E-state index contributed by atoms with van der Waals surface area (Å²) in [6.07, 6.45) is 0. The minimum absolute atomic E-state index is 0.183. The first kappa shape index (κ1) is 16.7. The number of nitrogens with one attached hydrogen (secondary N) is 3. The van der Waals surface area contributed by atoms with Crippen molar-refractivity contribution >= 4 is 21.1 Å². The zero-order valence-electron chi connectivity index (χ0n) is 14.6. The van der Waals surface area contributed by atoms with E-state index in [0.29, 0.717) is 23.5 Å². The van der Waals surface area contributed by atoms with Gasteiger partial charge < -0.3 is 15.3 Å². The highest BCUT2D eigenvalue weighted by Crippen LogP contribution is 2.45. The van der Waals surface area contributed by atoms with Crippen LogP contribution in [0.2, 0.25) is 0 Å². The van der Waals surface area contributed by atoms with Crippen molar-refractivity contribution in [1.82, 2.24) is 19.6 Å². The van der Waals surface area contributed by atoms with Crippen LogP contribution < -0.4 is 11.0 Å². The van der Waals surface area contributed by atoms with Crippen molar-refractivity contribution in [2.45, 2.75) is 10.9 Å². The maximum Gasteiger partial charge on any atom is 0.323 e. The number of aromatic amines is 2. The van der Waals surface area contributed by atoms with E-state index in [9.17, 15) is 13.2 Å². The monoisotopic (exact) mass is 384 g/mol. The van der Waals surface area contributed by atoms with Crippen molar-refractivity contribution in [2.75, 3.05) is 19.6 Å². The summed E-state index contributed by atoms with van der Waals surface area (Å²) in [6, 6.07) is 14.4. The highest BCUT2D eigenvalue weighted by molar-refractivity contribution is 7.89. The van der Waals surface area contributed by atoms with Gasteiger partial charge in [0.2, 0.25) is 10.0 Å². The van der Waals surface area contributed by atoms with Gasteiger partial charge in [0.15, 0.2) is 0 Å². The van der Waals surface area contributed by atoms with Crippen molar-refractivity contribution < 1.29 is 8.42 Å². The summed E-state index contributed by atoms with van der Waals surface area (Å²) < 4.78 is 28.6. The second-order valence-corrected chi connectivity index (χ2v) is 9.19. The van der Waals surface area contributed by atoms with E-state index in [4.69, 9.17) is 0 Å². The number of rotatable bonds is 3. The van der Waals surface area contributed by atoms with Crippen LogP contribution in [-0.2, 0) is 10.0 Å². The first-order chi connectivity index (χ1) is 13.0. The molecule has 0 bridgehead atoms. The van der Waals surface area contributed by atoms with Gasteiger partial charge >= 0.3 is 5.69 Å². The fraction of sp³-hybridized carbons (Fsp3) is 0.316. The zero-order valence-corrected chi connectivity index (χ0v) is 15.4. The molecule has 2 aliphatic rings. The SMILES string of the molecule is O=c1[nH]c2ccc(S(=O)(=O)N3C[C@@H]4CNC[C@@H]4[C@H]3c3ccccc3)cc2[nH]1. The third-order valence-electron chi connectivity index (χ3n) is 5.76. The zero-order chi connectivity index (χ0) is 18.6. The first-order valence-electron chi connectivity index (χ1n) is 9.03. The Kier molecular flexibility index (Phi) is 3.75. The summed E-state index contributed by atoms with van der Waals surface area (Å²) in [7, 11) is -3.69. The molecule has 0 radical (unpaired) electrons. The summed E-state index contributed by atoms with van der Waals surface area (Å²) in [6.45, 7) is 2.16. The lowest BCUT2D eigenvalue weighted by Crippen LogP contribution is -2.34. The predicted octanol–water partition coefficient (Wildman–Crippen LogP) is 1.44. The molecule has 27 heavy (non-hydrogen) atoms. The Morgan fingerprint density at radius 2 is 1.74 bits per heavy atom. The molecule has 0 saturated carbocycles. The molecule has 2 aromatic carbocycles. The highest BCUT2D eigenvalue weighted by Gasteiger charge is 2.49. The Hall–Kier alpha value is -2.42. The van der Waals surface area contributed by atoms with E-state index in [1.807, 2.05) is 30.3 Å².